The lowest BCUT2D eigenvalue weighted by molar-refractivity contribution is 0.313. The summed E-state index contributed by atoms with van der Waals surface area (Å²) in [5, 5.41) is 0. The number of aromatic nitrogens is 2. The van der Waals surface area contributed by atoms with Gasteiger partial charge in [0.25, 0.3) is 5.88 Å². The van der Waals surface area contributed by atoms with Gasteiger partial charge in [-0.3, -0.25) is 0 Å². The molecule has 1 aliphatic heterocycles. The van der Waals surface area contributed by atoms with E-state index in [2.05, 4.69) is 21.9 Å². The molecule has 1 atom stereocenters. The number of methoxy groups -OCH3 is 1. The highest BCUT2D eigenvalue weighted by Gasteiger charge is 2.23. The Morgan fingerprint density at radius 1 is 1.61 bits per heavy atom. The van der Waals surface area contributed by atoms with Crippen LogP contribution in [0, 0.1) is 5.82 Å². The normalized spacial score (nSPS) is 20.1. The number of ether oxygens (including phenoxy) is 1. The summed E-state index contributed by atoms with van der Waals surface area (Å²) in [5.41, 5.74) is 0. The Labute approximate surface area is 107 Å². The Kier molecular flexibility index (Phi) is 3.96. The average molecular weight is 254 g/mol. The fourth-order valence-electron chi connectivity index (χ4n) is 2.28. The smallest absolute Gasteiger partial charge is 0.255 e. The zero-order valence-corrected chi connectivity index (χ0v) is 11.1. The third kappa shape index (κ3) is 2.69. The Balaban J connectivity index is 2.06. The van der Waals surface area contributed by atoms with Gasteiger partial charge in [0.2, 0.25) is 11.8 Å². The minimum absolute atomic E-state index is 0.00775. The molecule has 18 heavy (non-hydrogen) atoms. The SMILES string of the molecule is COc1nc(N(C)CC2CCCN2C)ncc1F. The highest BCUT2D eigenvalue weighted by molar-refractivity contribution is 5.31. The lowest BCUT2D eigenvalue weighted by Crippen LogP contribution is -2.37. The molecule has 0 aromatic carbocycles. The maximum atomic E-state index is 13.2. The van der Waals surface area contributed by atoms with Crippen LogP contribution in [0.4, 0.5) is 10.3 Å². The predicted molar refractivity (Wildman–Crippen MR) is 67.5 cm³/mol. The van der Waals surface area contributed by atoms with E-state index in [0.717, 1.165) is 19.3 Å². The highest BCUT2D eigenvalue weighted by Crippen LogP contribution is 2.19. The molecule has 0 bridgehead atoms. The molecule has 2 rings (SSSR count). The van der Waals surface area contributed by atoms with Crippen molar-refractivity contribution in [2.24, 2.45) is 0 Å². The maximum Gasteiger partial charge on any atom is 0.255 e. The van der Waals surface area contributed by atoms with Crippen molar-refractivity contribution in [3.05, 3.63) is 12.0 Å². The summed E-state index contributed by atoms with van der Waals surface area (Å²) in [7, 11) is 5.44. The molecule has 6 heteroatoms. The van der Waals surface area contributed by atoms with Crippen molar-refractivity contribution in [3.8, 4) is 5.88 Å². The van der Waals surface area contributed by atoms with E-state index in [1.165, 1.54) is 20.0 Å². The molecule has 1 aromatic heterocycles. The van der Waals surface area contributed by atoms with E-state index in [-0.39, 0.29) is 5.88 Å². The molecule has 0 saturated carbocycles. The fraction of sp³-hybridized carbons (Fsp3) is 0.667. The first-order valence-corrected chi connectivity index (χ1v) is 6.09. The molecule has 100 valence electrons. The molecule has 1 aliphatic rings. The Bertz CT molecular complexity index is 415. The third-order valence-corrected chi connectivity index (χ3v) is 3.39. The lowest BCUT2D eigenvalue weighted by Gasteiger charge is -2.25. The molecular weight excluding hydrogens is 235 g/mol. The second-order valence-electron chi connectivity index (χ2n) is 4.68. The second kappa shape index (κ2) is 5.48. The van der Waals surface area contributed by atoms with Gasteiger partial charge in [0.05, 0.1) is 13.3 Å². The zero-order chi connectivity index (χ0) is 13.1. The summed E-state index contributed by atoms with van der Waals surface area (Å²) in [6.07, 6.45) is 3.55. The van der Waals surface area contributed by atoms with E-state index < -0.39 is 5.82 Å². The van der Waals surface area contributed by atoms with Crippen LogP contribution in [0.1, 0.15) is 12.8 Å². The standard InChI is InChI=1S/C12H19FN4O/c1-16-6-4-5-9(16)8-17(2)12-14-7-10(13)11(15-12)18-3/h7,9H,4-6,8H2,1-3H3. The van der Waals surface area contributed by atoms with E-state index in [0.29, 0.717) is 12.0 Å². The third-order valence-electron chi connectivity index (χ3n) is 3.39. The molecule has 0 amide bonds. The van der Waals surface area contributed by atoms with Gasteiger partial charge in [-0.15, -0.1) is 0 Å². The molecular formula is C12H19FN4O. The monoisotopic (exact) mass is 254 g/mol. The van der Waals surface area contributed by atoms with Crippen LogP contribution in [-0.2, 0) is 0 Å². The van der Waals surface area contributed by atoms with Crippen molar-refractivity contribution in [2.45, 2.75) is 18.9 Å². The van der Waals surface area contributed by atoms with Gasteiger partial charge in [0.1, 0.15) is 0 Å². The minimum Gasteiger partial charge on any atom is -0.479 e. The quantitative estimate of drug-likeness (QED) is 0.806. The molecule has 0 radical (unpaired) electrons. The van der Waals surface area contributed by atoms with Crippen molar-refractivity contribution >= 4 is 5.95 Å². The molecule has 1 fully saturated rings. The van der Waals surface area contributed by atoms with Crippen molar-refractivity contribution in [2.75, 3.05) is 39.2 Å². The van der Waals surface area contributed by atoms with Crippen molar-refractivity contribution in [1.82, 2.24) is 14.9 Å². The summed E-state index contributed by atoms with van der Waals surface area (Å²) in [4.78, 5) is 12.3. The zero-order valence-electron chi connectivity index (χ0n) is 11.1. The van der Waals surface area contributed by atoms with Gasteiger partial charge in [-0.1, -0.05) is 0 Å². The van der Waals surface area contributed by atoms with E-state index in [1.54, 1.807) is 0 Å². The molecule has 0 spiro atoms. The first-order chi connectivity index (χ1) is 8.61. The van der Waals surface area contributed by atoms with Crippen molar-refractivity contribution < 1.29 is 9.13 Å². The molecule has 5 nitrogen and oxygen atoms in total. The van der Waals surface area contributed by atoms with Gasteiger partial charge in [-0.2, -0.15) is 9.37 Å². The van der Waals surface area contributed by atoms with Gasteiger partial charge in [-0.05, 0) is 26.4 Å². The number of anilines is 1. The summed E-state index contributed by atoms with van der Waals surface area (Å²) < 4.78 is 18.1. The summed E-state index contributed by atoms with van der Waals surface area (Å²) in [6.45, 7) is 1.97. The van der Waals surface area contributed by atoms with Crippen LogP contribution in [0.5, 0.6) is 5.88 Å². The van der Waals surface area contributed by atoms with Crippen LogP contribution < -0.4 is 9.64 Å². The van der Waals surface area contributed by atoms with E-state index in [9.17, 15) is 4.39 Å². The molecule has 2 heterocycles. The number of likely N-dealkylation sites (N-methyl/N-ethyl adjacent to an activating group) is 2. The lowest BCUT2D eigenvalue weighted by atomic mass is 10.2. The molecule has 0 N–H and O–H groups in total. The van der Waals surface area contributed by atoms with Crippen LogP contribution in [-0.4, -0.2) is 55.2 Å². The number of hydrogen-bond acceptors (Lipinski definition) is 5. The Morgan fingerprint density at radius 3 is 3.00 bits per heavy atom. The topological polar surface area (TPSA) is 41.5 Å². The van der Waals surface area contributed by atoms with Gasteiger partial charge in [0.15, 0.2) is 0 Å². The van der Waals surface area contributed by atoms with Crippen LogP contribution in [0.15, 0.2) is 6.20 Å². The van der Waals surface area contributed by atoms with Crippen molar-refractivity contribution in [3.63, 3.8) is 0 Å². The second-order valence-corrected chi connectivity index (χ2v) is 4.68. The Hall–Kier alpha value is -1.43. The summed E-state index contributed by atoms with van der Waals surface area (Å²) in [5.74, 6) is -0.0483. The predicted octanol–water partition coefficient (Wildman–Crippen LogP) is 1.15. The number of hydrogen-bond donors (Lipinski definition) is 0. The average Bonchev–Trinajstić information content (AvgIpc) is 2.75. The number of nitrogens with zero attached hydrogens (tertiary/aromatic N) is 4. The fourth-order valence-corrected chi connectivity index (χ4v) is 2.28. The molecule has 1 aromatic rings. The van der Waals surface area contributed by atoms with Crippen LogP contribution in [0.3, 0.4) is 0 Å². The Morgan fingerprint density at radius 2 is 2.39 bits per heavy atom. The van der Waals surface area contributed by atoms with Gasteiger partial charge in [-0.25, -0.2) is 4.98 Å². The highest BCUT2D eigenvalue weighted by atomic mass is 19.1. The molecule has 1 unspecified atom stereocenters. The summed E-state index contributed by atoms with van der Waals surface area (Å²) >= 11 is 0. The first kappa shape index (κ1) is 13.0. The van der Waals surface area contributed by atoms with Crippen LogP contribution >= 0.6 is 0 Å². The van der Waals surface area contributed by atoms with Crippen LogP contribution in [0.2, 0.25) is 0 Å². The van der Waals surface area contributed by atoms with Crippen LogP contribution in [0.25, 0.3) is 0 Å². The largest absolute Gasteiger partial charge is 0.479 e. The van der Waals surface area contributed by atoms with E-state index >= 15 is 0 Å². The van der Waals surface area contributed by atoms with E-state index in [4.69, 9.17) is 4.74 Å². The van der Waals surface area contributed by atoms with E-state index in [1.807, 2.05) is 11.9 Å². The first-order valence-electron chi connectivity index (χ1n) is 6.09. The number of rotatable bonds is 4. The van der Waals surface area contributed by atoms with Gasteiger partial charge < -0.3 is 14.5 Å². The maximum absolute atomic E-state index is 13.2. The number of likely N-dealkylation sites (tertiary alicyclic amines) is 1. The van der Waals surface area contributed by atoms with Gasteiger partial charge in [0, 0.05) is 19.6 Å². The molecule has 1 saturated heterocycles. The summed E-state index contributed by atoms with van der Waals surface area (Å²) in [6, 6.07) is 0.509. The number of halogens is 1. The minimum atomic E-state index is -0.535. The van der Waals surface area contributed by atoms with Crippen molar-refractivity contribution in [1.29, 1.82) is 0 Å². The molecule has 0 aliphatic carbocycles. The van der Waals surface area contributed by atoms with Gasteiger partial charge >= 0.3 is 0 Å².